The van der Waals surface area contributed by atoms with Gasteiger partial charge < -0.3 is 10.1 Å². The highest BCUT2D eigenvalue weighted by Gasteiger charge is 2.28. The van der Waals surface area contributed by atoms with Crippen LogP contribution in [0.15, 0.2) is 47.6 Å². The molecule has 2 heterocycles. The Morgan fingerprint density at radius 3 is 3.36 bits per heavy atom. The van der Waals surface area contributed by atoms with E-state index >= 15 is 0 Å². The number of allylic oxidation sites excluding steroid dienone is 5. The van der Waals surface area contributed by atoms with Crippen LogP contribution in [-0.4, -0.2) is 6.54 Å². The number of fused-ring (bicyclic) bond motifs is 2. The van der Waals surface area contributed by atoms with Crippen molar-refractivity contribution in [3.05, 3.63) is 47.6 Å². The molecule has 1 atom stereocenters. The first-order valence-corrected chi connectivity index (χ1v) is 5.13. The van der Waals surface area contributed by atoms with Gasteiger partial charge in [-0.2, -0.15) is 0 Å². The molecule has 1 fully saturated rings. The summed E-state index contributed by atoms with van der Waals surface area (Å²) in [6.07, 6.45) is 12.4. The van der Waals surface area contributed by atoms with Crippen LogP contribution < -0.4 is 5.32 Å². The average Bonchev–Trinajstić information content (AvgIpc) is 2.55. The first-order chi connectivity index (χ1) is 6.95. The molecular weight excluding hydrogens is 174 g/mol. The summed E-state index contributed by atoms with van der Waals surface area (Å²) >= 11 is 0. The van der Waals surface area contributed by atoms with Gasteiger partial charge in [0.1, 0.15) is 5.76 Å². The second-order valence-electron chi connectivity index (χ2n) is 3.85. The third-order valence-electron chi connectivity index (χ3n) is 3.01. The maximum atomic E-state index is 5.54. The van der Waals surface area contributed by atoms with Crippen LogP contribution >= 0.6 is 0 Å². The van der Waals surface area contributed by atoms with Crippen molar-refractivity contribution in [2.45, 2.75) is 12.8 Å². The van der Waals surface area contributed by atoms with Crippen LogP contribution in [-0.2, 0) is 4.74 Å². The summed E-state index contributed by atoms with van der Waals surface area (Å²) < 4.78 is 5.54. The molecule has 14 heavy (non-hydrogen) atoms. The fourth-order valence-corrected chi connectivity index (χ4v) is 2.31. The molecule has 1 saturated heterocycles. The van der Waals surface area contributed by atoms with Gasteiger partial charge in [-0.1, -0.05) is 6.08 Å². The molecule has 1 aliphatic carbocycles. The summed E-state index contributed by atoms with van der Waals surface area (Å²) in [6.45, 7) is 1.10. The highest BCUT2D eigenvalue weighted by molar-refractivity contribution is 5.46. The molecular formula is C12H13NO. The Morgan fingerprint density at radius 1 is 1.36 bits per heavy atom. The number of nitrogens with one attached hydrogen (secondary N) is 1. The van der Waals surface area contributed by atoms with Gasteiger partial charge in [-0.15, -0.1) is 0 Å². The average molecular weight is 187 g/mol. The summed E-state index contributed by atoms with van der Waals surface area (Å²) in [5.74, 6) is 1.70. The fraction of sp³-hybridized carbons (Fsp3) is 0.333. The molecule has 0 radical (unpaired) electrons. The van der Waals surface area contributed by atoms with Crippen molar-refractivity contribution in [1.29, 1.82) is 0 Å². The van der Waals surface area contributed by atoms with Gasteiger partial charge in [-0.3, -0.25) is 0 Å². The van der Waals surface area contributed by atoms with E-state index in [-0.39, 0.29) is 0 Å². The maximum absolute atomic E-state index is 5.54. The lowest BCUT2D eigenvalue weighted by molar-refractivity contribution is 0.355. The molecule has 0 amide bonds. The lowest BCUT2D eigenvalue weighted by atomic mass is 9.91. The quantitative estimate of drug-likeness (QED) is 0.628. The highest BCUT2D eigenvalue weighted by atomic mass is 16.5. The summed E-state index contributed by atoms with van der Waals surface area (Å²) in [7, 11) is 0. The Bertz CT molecular complexity index is 374. The van der Waals surface area contributed by atoms with Gasteiger partial charge in [0.25, 0.3) is 0 Å². The zero-order chi connectivity index (χ0) is 9.38. The predicted molar refractivity (Wildman–Crippen MR) is 55.2 cm³/mol. The van der Waals surface area contributed by atoms with Crippen LogP contribution in [0.25, 0.3) is 0 Å². The lowest BCUT2D eigenvalue weighted by Gasteiger charge is -2.20. The zero-order valence-corrected chi connectivity index (χ0v) is 7.99. The van der Waals surface area contributed by atoms with E-state index in [4.69, 9.17) is 4.74 Å². The second-order valence-corrected chi connectivity index (χ2v) is 3.85. The monoisotopic (exact) mass is 187 g/mol. The molecule has 72 valence electrons. The van der Waals surface area contributed by atoms with Crippen LogP contribution in [0.4, 0.5) is 0 Å². The minimum absolute atomic E-state index is 0.695. The van der Waals surface area contributed by atoms with E-state index in [1.165, 1.54) is 17.7 Å². The summed E-state index contributed by atoms with van der Waals surface area (Å²) in [5, 5.41) is 3.47. The van der Waals surface area contributed by atoms with Crippen molar-refractivity contribution < 1.29 is 4.74 Å². The maximum Gasteiger partial charge on any atom is 0.131 e. The number of rotatable bonds is 0. The molecule has 1 N–H and O–H groups in total. The van der Waals surface area contributed by atoms with Gasteiger partial charge in [0.2, 0.25) is 0 Å². The third-order valence-corrected chi connectivity index (χ3v) is 3.01. The number of hydrogen-bond donors (Lipinski definition) is 1. The van der Waals surface area contributed by atoms with Crippen molar-refractivity contribution in [2.75, 3.05) is 6.54 Å². The van der Waals surface area contributed by atoms with Crippen molar-refractivity contribution in [1.82, 2.24) is 5.32 Å². The van der Waals surface area contributed by atoms with Gasteiger partial charge in [0.15, 0.2) is 0 Å². The number of hydrogen-bond acceptors (Lipinski definition) is 2. The first-order valence-electron chi connectivity index (χ1n) is 5.13. The Morgan fingerprint density at radius 2 is 2.36 bits per heavy atom. The van der Waals surface area contributed by atoms with Crippen LogP contribution in [0.3, 0.4) is 0 Å². The third kappa shape index (κ3) is 1.10. The molecule has 0 aromatic rings. The molecule has 3 rings (SSSR count). The SMILES string of the molecule is C1=COC2=CCC3CCNC3=C2C=C1. The van der Waals surface area contributed by atoms with E-state index in [0.29, 0.717) is 5.92 Å². The molecule has 0 saturated carbocycles. The standard InChI is InChI=1S/C12H13NO/c1-2-8-14-11-5-4-9-6-7-13-12(9)10(11)3-1/h1-3,5,8-9,13H,4,6-7H2. The van der Waals surface area contributed by atoms with Crippen molar-refractivity contribution >= 4 is 0 Å². The van der Waals surface area contributed by atoms with Gasteiger partial charge in [-0.25, -0.2) is 0 Å². The van der Waals surface area contributed by atoms with E-state index in [0.717, 1.165) is 18.7 Å². The lowest BCUT2D eigenvalue weighted by Crippen LogP contribution is -2.14. The summed E-state index contributed by atoms with van der Waals surface area (Å²) in [6, 6.07) is 0. The van der Waals surface area contributed by atoms with Gasteiger partial charge in [-0.05, 0) is 31.1 Å². The molecule has 1 unspecified atom stereocenters. The Balaban J connectivity index is 2.07. The summed E-state index contributed by atoms with van der Waals surface area (Å²) in [4.78, 5) is 0. The van der Waals surface area contributed by atoms with Gasteiger partial charge in [0, 0.05) is 23.7 Å². The first kappa shape index (κ1) is 7.92. The minimum atomic E-state index is 0.695. The highest BCUT2D eigenvalue weighted by Crippen LogP contribution is 2.35. The van der Waals surface area contributed by atoms with E-state index < -0.39 is 0 Å². The van der Waals surface area contributed by atoms with Crippen LogP contribution in [0.2, 0.25) is 0 Å². The van der Waals surface area contributed by atoms with Crippen LogP contribution in [0, 0.1) is 5.92 Å². The van der Waals surface area contributed by atoms with Crippen LogP contribution in [0.5, 0.6) is 0 Å². The zero-order valence-electron chi connectivity index (χ0n) is 7.99. The molecule has 3 aliphatic rings. The van der Waals surface area contributed by atoms with Gasteiger partial charge >= 0.3 is 0 Å². The minimum Gasteiger partial charge on any atom is -0.465 e. The Labute approximate surface area is 83.6 Å². The molecule has 0 bridgehead atoms. The molecule has 2 nitrogen and oxygen atoms in total. The second kappa shape index (κ2) is 3.05. The molecule has 0 spiro atoms. The Kier molecular flexibility index (Phi) is 1.72. The molecule has 2 aliphatic heterocycles. The largest absolute Gasteiger partial charge is 0.465 e. The molecule has 0 aromatic heterocycles. The fourth-order valence-electron chi connectivity index (χ4n) is 2.31. The van der Waals surface area contributed by atoms with Crippen molar-refractivity contribution in [2.24, 2.45) is 5.92 Å². The Hall–Kier alpha value is -1.44. The summed E-state index contributed by atoms with van der Waals surface area (Å²) in [5.41, 5.74) is 2.62. The van der Waals surface area contributed by atoms with E-state index in [9.17, 15) is 0 Å². The predicted octanol–water partition coefficient (Wildman–Crippen LogP) is 2.24. The molecule has 0 aromatic carbocycles. The smallest absolute Gasteiger partial charge is 0.131 e. The van der Waals surface area contributed by atoms with Crippen LogP contribution in [0.1, 0.15) is 12.8 Å². The topological polar surface area (TPSA) is 21.3 Å². The van der Waals surface area contributed by atoms with Crippen molar-refractivity contribution in [3.63, 3.8) is 0 Å². The van der Waals surface area contributed by atoms with E-state index in [2.05, 4.69) is 17.5 Å². The normalized spacial score (nSPS) is 28.6. The van der Waals surface area contributed by atoms with E-state index in [1.807, 2.05) is 12.2 Å². The molecule has 2 heteroatoms. The van der Waals surface area contributed by atoms with E-state index in [1.54, 1.807) is 6.26 Å². The van der Waals surface area contributed by atoms with Gasteiger partial charge in [0.05, 0.1) is 6.26 Å². The number of ether oxygens (including phenoxy) is 1. The van der Waals surface area contributed by atoms with Crippen molar-refractivity contribution in [3.8, 4) is 0 Å².